The van der Waals surface area contributed by atoms with Crippen LogP contribution < -0.4 is 0 Å². The van der Waals surface area contributed by atoms with E-state index in [2.05, 4.69) is 6.07 Å². The van der Waals surface area contributed by atoms with Crippen molar-refractivity contribution in [2.75, 3.05) is 20.2 Å². The lowest BCUT2D eigenvalue weighted by atomic mass is 9.89. The zero-order valence-electron chi connectivity index (χ0n) is 13.8. The summed E-state index contributed by atoms with van der Waals surface area (Å²) in [7, 11) is 1.68. The molecule has 1 saturated heterocycles. The molecular weight excluding hydrogens is 290 g/mol. The Labute approximate surface area is 137 Å². The number of carbonyl (C=O) groups is 2. The normalized spacial score (nSPS) is 20.4. The maximum atomic E-state index is 12.4. The third-order valence-electron chi connectivity index (χ3n) is 5.07. The molecule has 0 aromatic heterocycles. The molecule has 23 heavy (non-hydrogen) atoms. The van der Waals surface area contributed by atoms with Crippen molar-refractivity contribution in [3.63, 3.8) is 0 Å². The molecule has 1 aromatic rings. The fourth-order valence-electron chi connectivity index (χ4n) is 3.58. The third-order valence-corrected chi connectivity index (χ3v) is 5.07. The van der Waals surface area contributed by atoms with Gasteiger partial charge in [0.15, 0.2) is 5.78 Å². The minimum Gasteiger partial charge on any atom is -0.380 e. The Morgan fingerprint density at radius 2 is 1.96 bits per heavy atom. The van der Waals surface area contributed by atoms with E-state index in [4.69, 9.17) is 4.74 Å². The average Bonchev–Trinajstić information content (AvgIpc) is 3.08. The number of aryl methyl sites for hydroxylation is 2. The summed E-state index contributed by atoms with van der Waals surface area (Å²) in [6.45, 7) is 1.40. The number of likely N-dealkylation sites (tertiary alicyclic amines) is 1. The van der Waals surface area contributed by atoms with Crippen molar-refractivity contribution < 1.29 is 14.3 Å². The molecule has 1 amide bonds. The molecule has 0 spiro atoms. The first-order chi connectivity index (χ1) is 11.2. The highest BCUT2D eigenvalue weighted by atomic mass is 16.5. The molecule has 4 nitrogen and oxygen atoms in total. The molecule has 0 saturated carbocycles. The van der Waals surface area contributed by atoms with E-state index in [0.29, 0.717) is 19.4 Å². The van der Waals surface area contributed by atoms with Crippen LogP contribution in [0.4, 0.5) is 0 Å². The molecular formula is C19H25NO3. The number of nitrogens with zero attached hydrogens (tertiary/aromatic N) is 1. The Hall–Kier alpha value is -1.68. The molecule has 4 heteroatoms. The van der Waals surface area contributed by atoms with Gasteiger partial charge >= 0.3 is 0 Å². The van der Waals surface area contributed by atoms with Crippen molar-refractivity contribution in [2.45, 2.75) is 51.0 Å². The second-order valence-corrected chi connectivity index (χ2v) is 6.60. The van der Waals surface area contributed by atoms with Crippen LogP contribution in [-0.2, 0) is 22.4 Å². The number of methoxy groups -OCH3 is 1. The first kappa shape index (κ1) is 16.2. The number of Topliss-reactive ketones (excluding diaryl/α,β-unsaturated/α-hetero) is 1. The maximum Gasteiger partial charge on any atom is 0.223 e. The number of rotatable bonds is 5. The van der Waals surface area contributed by atoms with Crippen molar-refractivity contribution >= 4 is 11.7 Å². The van der Waals surface area contributed by atoms with Gasteiger partial charge in [0, 0.05) is 38.6 Å². The van der Waals surface area contributed by atoms with Crippen molar-refractivity contribution in [3.05, 3.63) is 34.9 Å². The predicted molar refractivity (Wildman–Crippen MR) is 88.6 cm³/mol. The largest absolute Gasteiger partial charge is 0.380 e. The van der Waals surface area contributed by atoms with E-state index in [1.807, 2.05) is 17.0 Å². The van der Waals surface area contributed by atoms with Gasteiger partial charge in [-0.2, -0.15) is 0 Å². The van der Waals surface area contributed by atoms with Crippen molar-refractivity contribution in [1.82, 2.24) is 4.90 Å². The van der Waals surface area contributed by atoms with Crippen LogP contribution in [0.25, 0.3) is 0 Å². The van der Waals surface area contributed by atoms with E-state index in [1.165, 1.54) is 24.0 Å². The first-order valence-corrected chi connectivity index (χ1v) is 8.63. The highest BCUT2D eigenvalue weighted by Crippen LogP contribution is 2.23. The summed E-state index contributed by atoms with van der Waals surface area (Å²) in [5.41, 5.74) is 3.46. The highest BCUT2D eigenvalue weighted by molar-refractivity contribution is 5.98. The van der Waals surface area contributed by atoms with Crippen LogP contribution in [0.15, 0.2) is 18.2 Å². The van der Waals surface area contributed by atoms with Gasteiger partial charge in [0.1, 0.15) is 0 Å². The number of hydrogen-bond acceptors (Lipinski definition) is 3. The molecule has 1 atom stereocenters. The molecule has 0 radical (unpaired) electrons. The van der Waals surface area contributed by atoms with E-state index in [9.17, 15) is 9.59 Å². The van der Waals surface area contributed by atoms with E-state index in [0.717, 1.165) is 31.4 Å². The lowest BCUT2D eigenvalue weighted by Crippen LogP contribution is -2.30. The molecule has 1 unspecified atom stereocenters. The molecule has 124 valence electrons. The molecule has 1 aliphatic carbocycles. The van der Waals surface area contributed by atoms with E-state index >= 15 is 0 Å². The second-order valence-electron chi connectivity index (χ2n) is 6.60. The number of ketones is 1. The Balaban J connectivity index is 1.54. The molecule has 2 aliphatic rings. The molecule has 1 aliphatic heterocycles. The number of amides is 1. The summed E-state index contributed by atoms with van der Waals surface area (Å²) in [5, 5.41) is 0. The standard InChI is InChI=1S/C19H25NO3/c1-23-17-10-11-20(13-17)19(22)9-8-18(21)16-7-6-14-4-2-3-5-15(14)12-16/h6-7,12,17H,2-5,8-11,13H2,1H3. The first-order valence-electron chi connectivity index (χ1n) is 8.63. The average molecular weight is 315 g/mol. The topological polar surface area (TPSA) is 46.6 Å². The lowest BCUT2D eigenvalue weighted by molar-refractivity contribution is -0.130. The van der Waals surface area contributed by atoms with Crippen LogP contribution in [0, 0.1) is 0 Å². The van der Waals surface area contributed by atoms with Gasteiger partial charge in [-0.15, -0.1) is 0 Å². The number of ether oxygens (including phenoxy) is 1. The van der Waals surface area contributed by atoms with Gasteiger partial charge in [0.05, 0.1) is 6.10 Å². The Morgan fingerprint density at radius 3 is 2.70 bits per heavy atom. The summed E-state index contributed by atoms with van der Waals surface area (Å²) >= 11 is 0. The third kappa shape index (κ3) is 3.81. The van der Waals surface area contributed by atoms with Gasteiger partial charge < -0.3 is 9.64 Å². The SMILES string of the molecule is COC1CCN(C(=O)CCC(=O)c2ccc3c(c2)CCCC3)C1. The maximum absolute atomic E-state index is 12.4. The van der Waals surface area contributed by atoms with Gasteiger partial charge in [-0.3, -0.25) is 9.59 Å². The predicted octanol–water partition coefficient (Wildman–Crippen LogP) is 2.78. The zero-order valence-corrected chi connectivity index (χ0v) is 13.8. The molecule has 0 bridgehead atoms. The molecule has 1 aromatic carbocycles. The number of benzene rings is 1. The lowest BCUT2D eigenvalue weighted by Gasteiger charge is -2.17. The van der Waals surface area contributed by atoms with Crippen LogP contribution in [0.1, 0.15) is 53.6 Å². The smallest absolute Gasteiger partial charge is 0.223 e. The fourth-order valence-corrected chi connectivity index (χ4v) is 3.58. The fraction of sp³-hybridized carbons (Fsp3) is 0.579. The monoisotopic (exact) mass is 315 g/mol. The van der Waals surface area contributed by atoms with Gasteiger partial charge in [0.25, 0.3) is 0 Å². The molecule has 3 rings (SSSR count). The van der Waals surface area contributed by atoms with E-state index < -0.39 is 0 Å². The Bertz CT molecular complexity index is 596. The van der Waals surface area contributed by atoms with Crippen LogP contribution >= 0.6 is 0 Å². The van der Waals surface area contributed by atoms with E-state index in [-0.39, 0.29) is 17.8 Å². The van der Waals surface area contributed by atoms with Crippen molar-refractivity contribution in [3.8, 4) is 0 Å². The summed E-state index contributed by atoms with van der Waals surface area (Å²) in [6.07, 6.45) is 6.28. The minimum atomic E-state index is 0.0656. The summed E-state index contributed by atoms with van der Waals surface area (Å²) in [6, 6.07) is 6.05. The van der Waals surface area contributed by atoms with Crippen LogP contribution in [0.3, 0.4) is 0 Å². The molecule has 0 N–H and O–H groups in total. The number of carbonyl (C=O) groups excluding carboxylic acids is 2. The number of hydrogen-bond donors (Lipinski definition) is 0. The zero-order chi connectivity index (χ0) is 16.2. The van der Waals surface area contributed by atoms with Gasteiger partial charge in [0.2, 0.25) is 5.91 Å². The van der Waals surface area contributed by atoms with E-state index in [1.54, 1.807) is 7.11 Å². The van der Waals surface area contributed by atoms with Crippen LogP contribution in [0.5, 0.6) is 0 Å². The summed E-state index contributed by atoms with van der Waals surface area (Å²) in [5.74, 6) is 0.144. The minimum absolute atomic E-state index is 0.0656. The highest BCUT2D eigenvalue weighted by Gasteiger charge is 2.26. The van der Waals surface area contributed by atoms with Crippen LogP contribution in [-0.4, -0.2) is 42.9 Å². The number of fused-ring (bicyclic) bond motifs is 1. The van der Waals surface area contributed by atoms with Crippen molar-refractivity contribution in [2.24, 2.45) is 0 Å². The quantitative estimate of drug-likeness (QED) is 0.785. The molecule has 1 fully saturated rings. The van der Waals surface area contributed by atoms with Crippen molar-refractivity contribution in [1.29, 1.82) is 0 Å². The molecule has 1 heterocycles. The summed E-state index contributed by atoms with van der Waals surface area (Å²) < 4.78 is 5.28. The summed E-state index contributed by atoms with van der Waals surface area (Å²) in [4.78, 5) is 26.4. The van der Waals surface area contributed by atoms with Gasteiger partial charge in [-0.25, -0.2) is 0 Å². The van der Waals surface area contributed by atoms with Gasteiger partial charge in [-0.05, 0) is 49.3 Å². The Kier molecular flexibility index (Phi) is 5.11. The Morgan fingerprint density at radius 1 is 1.17 bits per heavy atom. The second kappa shape index (κ2) is 7.26. The van der Waals surface area contributed by atoms with Crippen LogP contribution in [0.2, 0.25) is 0 Å². The van der Waals surface area contributed by atoms with Gasteiger partial charge in [-0.1, -0.05) is 12.1 Å².